The van der Waals surface area contributed by atoms with Crippen LogP contribution < -0.4 is 0 Å². The van der Waals surface area contributed by atoms with E-state index in [1.54, 1.807) is 6.92 Å². The van der Waals surface area contributed by atoms with Gasteiger partial charge in [-0.15, -0.1) is 0 Å². The lowest BCUT2D eigenvalue weighted by atomic mass is 9.98. The van der Waals surface area contributed by atoms with E-state index < -0.39 is 12.1 Å². The van der Waals surface area contributed by atoms with E-state index in [0.717, 1.165) is 32.1 Å². The zero-order valence-electron chi connectivity index (χ0n) is 13.4. The molecule has 1 aliphatic heterocycles. The largest absolute Gasteiger partial charge is 0.481 e. The number of hydrogen-bond acceptors (Lipinski definition) is 5. The number of carboxylic acids is 1. The van der Waals surface area contributed by atoms with E-state index in [1.165, 1.54) is 7.11 Å². The van der Waals surface area contributed by atoms with Crippen LogP contribution in [-0.2, 0) is 19.0 Å². The van der Waals surface area contributed by atoms with Crippen molar-refractivity contribution in [2.75, 3.05) is 13.9 Å². The molecule has 128 valence electrons. The monoisotopic (exact) mass is 316 g/mol. The molecule has 1 saturated heterocycles. The molecule has 6 nitrogen and oxygen atoms in total. The van der Waals surface area contributed by atoms with Crippen LogP contribution in [0.3, 0.4) is 0 Å². The minimum Gasteiger partial charge on any atom is -0.481 e. The van der Waals surface area contributed by atoms with E-state index in [0.29, 0.717) is 0 Å². The minimum absolute atomic E-state index is 0.0687. The van der Waals surface area contributed by atoms with Crippen LogP contribution in [0.1, 0.15) is 45.4 Å². The Kier molecular flexibility index (Phi) is 9.31. The number of carbonyl (C=O) groups is 1. The van der Waals surface area contributed by atoms with Gasteiger partial charge in [-0.2, -0.15) is 0 Å². The highest BCUT2D eigenvalue weighted by Gasteiger charge is 2.32. The molecular formula is C16H28O6. The molecule has 22 heavy (non-hydrogen) atoms. The highest BCUT2D eigenvalue weighted by atomic mass is 16.7. The summed E-state index contributed by atoms with van der Waals surface area (Å²) in [6, 6.07) is 0. The van der Waals surface area contributed by atoms with Crippen molar-refractivity contribution < 1.29 is 29.2 Å². The number of rotatable bonds is 10. The highest BCUT2D eigenvalue weighted by Crippen LogP contribution is 2.25. The number of hydrogen-bond donors (Lipinski definition) is 2. The van der Waals surface area contributed by atoms with Crippen LogP contribution in [0.2, 0.25) is 0 Å². The second kappa shape index (κ2) is 10.7. The van der Waals surface area contributed by atoms with Crippen molar-refractivity contribution in [3.8, 4) is 0 Å². The summed E-state index contributed by atoms with van der Waals surface area (Å²) < 4.78 is 16.2. The summed E-state index contributed by atoms with van der Waals surface area (Å²) in [6.07, 6.45) is 7.09. The summed E-state index contributed by atoms with van der Waals surface area (Å²) in [5.74, 6) is -0.891. The van der Waals surface area contributed by atoms with Gasteiger partial charge < -0.3 is 24.4 Å². The highest BCUT2D eigenvalue weighted by molar-refractivity contribution is 5.67. The van der Waals surface area contributed by atoms with E-state index in [4.69, 9.17) is 19.3 Å². The maximum Gasteiger partial charge on any atom is 0.306 e. The fourth-order valence-corrected chi connectivity index (χ4v) is 2.51. The lowest BCUT2D eigenvalue weighted by Gasteiger charge is -2.34. The van der Waals surface area contributed by atoms with Gasteiger partial charge in [0.05, 0.1) is 30.8 Å². The molecule has 0 unspecified atom stereocenters. The summed E-state index contributed by atoms with van der Waals surface area (Å²) >= 11 is 0. The Morgan fingerprint density at radius 3 is 2.86 bits per heavy atom. The van der Waals surface area contributed by atoms with Crippen molar-refractivity contribution in [2.45, 2.75) is 69.9 Å². The number of aliphatic carboxylic acids is 1. The molecule has 0 bridgehead atoms. The summed E-state index contributed by atoms with van der Waals surface area (Å²) in [4.78, 5) is 10.9. The fraction of sp³-hybridized carbons (Fsp3) is 0.812. The van der Waals surface area contributed by atoms with Crippen molar-refractivity contribution >= 4 is 5.97 Å². The Balaban J connectivity index is 2.41. The molecule has 1 rings (SSSR count). The Bertz CT molecular complexity index is 342. The van der Waals surface area contributed by atoms with Gasteiger partial charge in [0.25, 0.3) is 0 Å². The molecule has 0 aromatic carbocycles. The number of unbranched alkanes of at least 4 members (excludes halogenated alkanes) is 1. The first kappa shape index (κ1) is 19.1. The number of ether oxygens (including phenoxy) is 3. The Labute approximate surface area is 132 Å². The van der Waals surface area contributed by atoms with Crippen LogP contribution in [0.15, 0.2) is 12.2 Å². The quantitative estimate of drug-likeness (QED) is 0.365. The zero-order chi connectivity index (χ0) is 16.4. The molecule has 0 aliphatic carbocycles. The predicted molar refractivity (Wildman–Crippen MR) is 81.6 cm³/mol. The van der Waals surface area contributed by atoms with Crippen LogP contribution in [0.5, 0.6) is 0 Å². The zero-order valence-corrected chi connectivity index (χ0v) is 13.4. The van der Waals surface area contributed by atoms with Crippen molar-refractivity contribution in [3.05, 3.63) is 12.2 Å². The van der Waals surface area contributed by atoms with E-state index >= 15 is 0 Å². The van der Waals surface area contributed by atoms with Gasteiger partial charge in [-0.05, 0) is 39.0 Å². The average molecular weight is 316 g/mol. The standard InChI is InChI=1S/C16H28O6/c1-12(17)6-4-3-5-7-13-8-9-14(21-11-20-2)15(22-13)10-16(18)19/h5,7,12-15,17H,3-4,6,8-11H2,1-2H3,(H,18,19)/b7-5+/t12-,13-,14-,15+/m0/s1. The molecule has 1 fully saturated rings. The van der Waals surface area contributed by atoms with Gasteiger partial charge in [-0.25, -0.2) is 0 Å². The first-order chi connectivity index (χ1) is 10.5. The molecule has 0 spiro atoms. The van der Waals surface area contributed by atoms with E-state index in [1.807, 2.05) is 12.2 Å². The van der Waals surface area contributed by atoms with Crippen LogP contribution in [0.25, 0.3) is 0 Å². The molecule has 2 N–H and O–H groups in total. The maximum atomic E-state index is 10.9. The molecule has 0 amide bonds. The SMILES string of the molecule is COCO[C@H]1CC[C@H](/C=C/CCC[C@H](C)O)O[C@@H]1CC(=O)O. The number of aliphatic hydroxyl groups excluding tert-OH is 1. The van der Waals surface area contributed by atoms with E-state index in [2.05, 4.69) is 0 Å². The molecule has 1 heterocycles. The van der Waals surface area contributed by atoms with E-state index in [-0.39, 0.29) is 31.5 Å². The molecule has 0 aromatic heterocycles. The van der Waals surface area contributed by atoms with Gasteiger partial charge in [0, 0.05) is 7.11 Å². The summed E-state index contributed by atoms with van der Waals surface area (Å²) in [7, 11) is 1.54. The molecule has 4 atom stereocenters. The van der Waals surface area contributed by atoms with Crippen molar-refractivity contribution in [2.24, 2.45) is 0 Å². The Hall–Kier alpha value is -0.950. The first-order valence-corrected chi connectivity index (χ1v) is 7.85. The normalized spacial score (nSPS) is 27.1. The summed E-state index contributed by atoms with van der Waals surface area (Å²) in [5.41, 5.74) is 0. The number of carboxylic acid groups (broad SMARTS) is 1. The van der Waals surface area contributed by atoms with Crippen LogP contribution in [-0.4, -0.2) is 54.5 Å². The third-order valence-electron chi connectivity index (χ3n) is 3.62. The smallest absolute Gasteiger partial charge is 0.306 e. The number of allylic oxidation sites excluding steroid dienone is 1. The summed E-state index contributed by atoms with van der Waals surface area (Å²) in [6.45, 7) is 1.93. The first-order valence-electron chi connectivity index (χ1n) is 7.85. The lowest BCUT2D eigenvalue weighted by molar-refractivity contribution is -0.173. The van der Waals surface area contributed by atoms with Gasteiger partial charge >= 0.3 is 5.97 Å². The third-order valence-corrected chi connectivity index (χ3v) is 3.62. The van der Waals surface area contributed by atoms with Crippen molar-refractivity contribution in [1.29, 1.82) is 0 Å². The molecule has 0 aromatic rings. The van der Waals surface area contributed by atoms with E-state index in [9.17, 15) is 9.90 Å². The second-order valence-electron chi connectivity index (χ2n) is 5.71. The minimum atomic E-state index is -0.891. The number of aliphatic hydroxyl groups is 1. The van der Waals surface area contributed by atoms with Crippen molar-refractivity contribution in [1.82, 2.24) is 0 Å². The van der Waals surface area contributed by atoms with Crippen LogP contribution in [0.4, 0.5) is 0 Å². The summed E-state index contributed by atoms with van der Waals surface area (Å²) in [5, 5.41) is 18.2. The molecule has 0 saturated carbocycles. The van der Waals surface area contributed by atoms with Gasteiger partial charge in [-0.1, -0.05) is 12.2 Å². The second-order valence-corrected chi connectivity index (χ2v) is 5.71. The fourth-order valence-electron chi connectivity index (χ4n) is 2.51. The lowest BCUT2D eigenvalue weighted by Crippen LogP contribution is -2.41. The van der Waals surface area contributed by atoms with Gasteiger partial charge in [0.1, 0.15) is 6.79 Å². The van der Waals surface area contributed by atoms with Gasteiger partial charge in [-0.3, -0.25) is 4.79 Å². The maximum absolute atomic E-state index is 10.9. The van der Waals surface area contributed by atoms with Crippen LogP contribution in [0, 0.1) is 0 Å². The van der Waals surface area contributed by atoms with Gasteiger partial charge in [0.15, 0.2) is 0 Å². The van der Waals surface area contributed by atoms with Crippen molar-refractivity contribution in [3.63, 3.8) is 0 Å². The van der Waals surface area contributed by atoms with Crippen LogP contribution >= 0.6 is 0 Å². The Morgan fingerprint density at radius 2 is 2.23 bits per heavy atom. The third kappa shape index (κ3) is 7.89. The molecule has 1 aliphatic rings. The average Bonchev–Trinajstić information content (AvgIpc) is 2.45. The topological polar surface area (TPSA) is 85.2 Å². The molecular weight excluding hydrogens is 288 g/mol. The Morgan fingerprint density at radius 1 is 1.45 bits per heavy atom. The van der Waals surface area contributed by atoms with Gasteiger partial charge in [0.2, 0.25) is 0 Å². The molecule has 0 radical (unpaired) electrons. The molecule has 6 heteroatoms. The number of methoxy groups -OCH3 is 1. The predicted octanol–water partition coefficient (Wildman–Crippen LogP) is 2.11.